The zero-order chi connectivity index (χ0) is 20.9. The molecule has 1 aromatic carbocycles. The van der Waals surface area contributed by atoms with Crippen molar-refractivity contribution in [2.45, 2.75) is 64.9 Å². The Morgan fingerprint density at radius 1 is 1.17 bits per heavy atom. The number of nitrogens with zero attached hydrogens (tertiary/aromatic N) is 1. The molecule has 0 saturated heterocycles. The first-order valence-electron chi connectivity index (χ1n) is 10.8. The topological polar surface area (TPSA) is 22.1 Å². The molecule has 0 bridgehead atoms. The van der Waals surface area contributed by atoms with E-state index in [1.165, 1.54) is 12.8 Å². The summed E-state index contributed by atoms with van der Waals surface area (Å²) in [6, 6.07) is 9.14. The molecule has 0 N–H and O–H groups in total. The molecule has 3 heteroatoms. The summed E-state index contributed by atoms with van der Waals surface area (Å²) in [5, 5.41) is 0. The summed E-state index contributed by atoms with van der Waals surface area (Å²) in [7, 11) is 0. The van der Waals surface area contributed by atoms with Crippen LogP contribution in [0.25, 0.3) is 17.3 Å². The highest BCUT2D eigenvalue weighted by atomic mass is 19.1. The smallest absolute Gasteiger partial charge is 0.133 e. The van der Waals surface area contributed by atoms with Gasteiger partial charge in [0.2, 0.25) is 0 Å². The SMILES string of the molecule is C=CCc1ccc(-c2ccc(/C=C/CCCC(C)OCCCCC)cc2F)nc1. The van der Waals surface area contributed by atoms with Gasteiger partial charge in [-0.3, -0.25) is 4.98 Å². The van der Waals surface area contributed by atoms with Crippen LogP contribution >= 0.6 is 0 Å². The number of pyridine rings is 1. The second kappa shape index (κ2) is 13.1. The van der Waals surface area contributed by atoms with Crippen molar-refractivity contribution in [1.82, 2.24) is 4.98 Å². The van der Waals surface area contributed by atoms with Crippen molar-refractivity contribution in [2.24, 2.45) is 0 Å². The van der Waals surface area contributed by atoms with E-state index in [0.29, 0.717) is 17.4 Å². The third-order valence-electron chi connectivity index (χ3n) is 4.92. The Morgan fingerprint density at radius 2 is 2.03 bits per heavy atom. The first kappa shape index (κ1) is 23.0. The summed E-state index contributed by atoms with van der Waals surface area (Å²) >= 11 is 0. The lowest BCUT2D eigenvalue weighted by molar-refractivity contribution is 0.0566. The molecule has 29 heavy (non-hydrogen) atoms. The molecule has 1 unspecified atom stereocenters. The highest BCUT2D eigenvalue weighted by molar-refractivity contribution is 5.63. The maximum atomic E-state index is 14.5. The van der Waals surface area contributed by atoms with E-state index in [0.717, 1.165) is 49.8 Å². The van der Waals surface area contributed by atoms with Crippen LogP contribution in [0.5, 0.6) is 0 Å². The fourth-order valence-electron chi connectivity index (χ4n) is 3.18. The van der Waals surface area contributed by atoms with Crippen LogP contribution in [0, 0.1) is 5.82 Å². The molecule has 0 spiro atoms. The number of unbranched alkanes of at least 4 members (excludes halogenated alkanes) is 3. The third kappa shape index (κ3) is 8.33. The number of aromatic nitrogens is 1. The van der Waals surface area contributed by atoms with Gasteiger partial charge in [-0.25, -0.2) is 4.39 Å². The van der Waals surface area contributed by atoms with Crippen LogP contribution in [-0.2, 0) is 11.2 Å². The minimum atomic E-state index is -0.245. The van der Waals surface area contributed by atoms with Crippen molar-refractivity contribution >= 4 is 6.08 Å². The van der Waals surface area contributed by atoms with Gasteiger partial charge in [-0.2, -0.15) is 0 Å². The maximum Gasteiger partial charge on any atom is 0.133 e. The number of ether oxygens (including phenoxy) is 1. The summed E-state index contributed by atoms with van der Waals surface area (Å²) in [6.45, 7) is 8.93. The van der Waals surface area contributed by atoms with Crippen molar-refractivity contribution in [1.29, 1.82) is 0 Å². The van der Waals surface area contributed by atoms with Gasteiger partial charge in [0.1, 0.15) is 5.82 Å². The summed E-state index contributed by atoms with van der Waals surface area (Å²) in [5.41, 5.74) is 3.13. The van der Waals surface area contributed by atoms with Gasteiger partial charge in [0.05, 0.1) is 11.8 Å². The van der Waals surface area contributed by atoms with Crippen molar-refractivity contribution < 1.29 is 9.13 Å². The molecule has 1 atom stereocenters. The highest BCUT2D eigenvalue weighted by Gasteiger charge is 2.07. The lowest BCUT2D eigenvalue weighted by atomic mass is 10.1. The summed E-state index contributed by atoms with van der Waals surface area (Å²) < 4.78 is 20.3. The number of allylic oxidation sites excluding steroid dienone is 2. The predicted octanol–water partition coefficient (Wildman–Crippen LogP) is 7.40. The largest absolute Gasteiger partial charge is 0.379 e. The van der Waals surface area contributed by atoms with E-state index < -0.39 is 0 Å². The lowest BCUT2D eigenvalue weighted by Crippen LogP contribution is -2.08. The molecule has 0 radical (unpaired) electrons. The van der Waals surface area contributed by atoms with E-state index in [1.807, 2.05) is 30.4 Å². The molecule has 0 aliphatic heterocycles. The van der Waals surface area contributed by atoms with Crippen LogP contribution in [0.15, 0.2) is 55.3 Å². The zero-order valence-corrected chi connectivity index (χ0v) is 17.9. The molecule has 2 aromatic rings. The molecule has 2 nitrogen and oxygen atoms in total. The normalized spacial score (nSPS) is 12.4. The van der Waals surface area contributed by atoms with E-state index in [4.69, 9.17) is 4.74 Å². The van der Waals surface area contributed by atoms with E-state index in [-0.39, 0.29) is 5.82 Å². The first-order chi connectivity index (χ1) is 14.1. The van der Waals surface area contributed by atoms with Gasteiger partial charge in [0.15, 0.2) is 0 Å². The maximum absolute atomic E-state index is 14.5. The third-order valence-corrected chi connectivity index (χ3v) is 4.92. The molecule has 0 aliphatic carbocycles. The van der Waals surface area contributed by atoms with Crippen LogP contribution < -0.4 is 0 Å². The average molecular weight is 396 g/mol. The molecule has 0 aliphatic rings. The van der Waals surface area contributed by atoms with Gasteiger partial charge < -0.3 is 4.74 Å². The summed E-state index contributed by atoms with van der Waals surface area (Å²) in [4.78, 5) is 4.37. The number of rotatable bonds is 13. The Kier molecular flexibility index (Phi) is 10.4. The van der Waals surface area contributed by atoms with E-state index in [2.05, 4.69) is 31.5 Å². The first-order valence-corrected chi connectivity index (χ1v) is 10.8. The van der Waals surface area contributed by atoms with E-state index in [1.54, 1.807) is 18.3 Å². The second-order valence-electron chi connectivity index (χ2n) is 7.51. The Labute approximate surface area is 175 Å². The molecule has 156 valence electrons. The minimum absolute atomic E-state index is 0.245. The summed E-state index contributed by atoms with van der Waals surface area (Å²) in [6.07, 6.45) is 15.5. The van der Waals surface area contributed by atoms with Crippen LogP contribution in [-0.4, -0.2) is 17.7 Å². The predicted molar refractivity (Wildman–Crippen MR) is 121 cm³/mol. The molecule has 0 amide bonds. The van der Waals surface area contributed by atoms with Gasteiger partial charge >= 0.3 is 0 Å². The van der Waals surface area contributed by atoms with E-state index in [9.17, 15) is 4.39 Å². The molecule has 0 saturated carbocycles. The molecule has 0 fully saturated rings. The van der Waals surface area contributed by atoms with E-state index >= 15 is 0 Å². The Hall–Kier alpha value is -2.26. The van der Waals surface area contributed by atoms with Crippen molar-refractivity contribution in [3.8, 4) is 11.3 Å². The van der Waals surface area contributed by atoms with Crippen molar-refractivity contribution in [3.05, 3.63) is 72.2 Å². The number of benzene rings is 1. The van der Waals surface area contributed by atoms with Gasteiger partial charge in [0, 0.05) is 18.4 Å². The molecule has 1 aromatic heterocycles. The van der Waals surface area contributed by atoms with Gasteiger partial charge in [-0.1, -0.05) is 50.1 Å². The monoisotopic (exact) mass is 395 g/mol. The Morgan fingerprint density at radius 3 is 2.72 bits per heavy atom. The van der Waals surface area contributed by atoms with Crippen LogP contribution in [0.3, 0.4) is 0 Å². The van der Waals surface area contributed by atoms with Crippen molar-refractivity contribution in [3.63, 3.8) is 0 Å². The Bertz CT molecular complexity index is 767. The molecular formula is C26H34FNO. The number of hydrogen-bond donors (Lipinski definition) is 0. The highest BCUT2D eigenvalue weighted by Crippen LogP contribution is 2.23. The lowest BCUT2D eigenvalue weighted by Gasteiger charge is -2.12. The quantitative estimate of drug-likeness (QED) is 0.260. The Balaban J connectivity index is 1.80. The second-order valence-corrected chi connectivity index (χ2v) is 7.51. The molecule has 1 heterocycles. The minimum Gasteiger partial charge on any atom is -0.379 e. The standard InChI is InChI=1S/C26H34FNO/c1-4-6-10-18-29-21(3)12-8-7-9-13-22-14-16-24(25(27)19-22)26-17-15-23(11-5-2)20-28-26/h5,9,13-17,19-21H,2,4,6-8,10-12,18H2,1,3H3/b13-9+. The fourth-order valence-corrected chi connectivity index (χ4v) is 3.18. The summed E-state index contributed by atoms with van der Waals surface area (Å²) in [5.74, 6) is -0.245. The van der Waals surface area contributed by atoms with Crippen LogP contribution in [0.1, 0.15) is 63.5 Å². The zero-order valence-electron chi connectivity index (χ0n) is 17.9. The number of halogens is 1. The van der Waals surface area contributed by atoms with Crippen LogP contribution in [0.2, 0.25) is 0 Å². The van der Waals surface area contributed by atoms with Gasteiger partial charge in [-0.15, -0.1) is 6.58 Å². The molecular weight excluding hydrogens is 361 g/mol. The molecule has 2 rings (SSSR count). The number of hydrogen-bond acceptors (Lipinski definition) is 2. The van der Waals surface area contributed by atoms with Gasteiger partial charge in [0.25, 0.3) is 0 Å². The fraction of sp³-hybridized carbons (Fsp3) is 0.423. The average Bonchev–Trinajstić information content (AvgIpc) is 2.72. The van der Waals surface area contributed by atoms with Crippen LogP contribution in [0.4, 0.5) is 4.39 Å². The van der Waals surface area contributed by atoms with Crippen molar-refractivity contribution in [2.75, 3.05) is 6.61 Å². The van der Waals surface area contributed by atoms with Gasteiger partial charge in [-0.05, 0) is 68.4 Å².